The van der Waals surface area contributed by atoms with Gasteiger partial charge in [0.1, 0.15) is 22.8 Å². The second kappa shape index (κ2) is 4.89. The molecule has 0 aromatic heterocycles. The first-order valence-electron chi connectivity index (χ1n) is 5.61. The Morgan fingerprint density at radius 2 is 1.63 bits per heavy atom. The van der Waals surface area contributed by atoms with Gasteiger partial charge >= 0.3 is 0 Å². The third-order valence-electron chi connectivity index (χ3n) is 2.65. The second-order valence-corrected chi connectivity index (χ2v) is 4.15. The molecule has 0 atom stereocenters. The summed E-state index contributed by atoms with van der Waals surface area (Å²) in [4.78, 5) is 12.0. The molecule has 0 spiro atoms. The van der Waals surface area contributed by atoms with Crippen LogP contribution >= 0.6 is 0 Å². The normalized spacial score (nSPS) is 10.2. The molecule has 0 heterocycles. The van der Waals surface area contributed by atoms with Crippen LogP contribution in [0.2, 0.25) is 0 Å². The number of phenols is 3. The Morgan fingerprint density at radius 1 is 1.00 bits per heavy atom. The van der Waals surface area contributed by atoms with Crippen molar-refractivity contribution in [3.8, 4) is 17.2 Å². The number of phenolic OH excluding ortho intramolecular Hbond substituents is 3. The molecule has 0 unspecified atom stereocenters. The summed E-state index contributed by atoms with van der Waals surface area (Å²) in [6.07, 6.45) is 0. The molecule has 98 valence electrons. The predicted molar refractivity (Wildman–Crippen MR) is 70.6 cm³/mol. The first-order chi connectivity index (χ1) is 8.99. The zero-order valence-corrected chi connectivity index (χ0v) is 10.2. The van der Waals surface area contributed by atoms with Crippen molar-refractivity contribution >= 4 is 11.6 Å². The fourth-order valence-electron chi connectivity index (χ4n) is 1.69. The third kappa shape index (κ3) is 2.60. The Balaban J connectivity index is 2.31. The smallest absolute Gasteiger partial charge is 0.263 e. The van der Waals surface area contributed by atoms with E-state index in [0.717, 1.165) is 5.56 Å². The van der Waals surface area contributed by atoms with E-state index in [4.69, 9.17) is 0 Å². The quantitative estimate of drug-likeness (QED) is 0.623. The summed E-state index contributed by atoms with van der Waals surface area (Å²) in [5.41, 5.74) is 0.821. The van der Waals surface area contributed by atoms with Gasteiger partial charge in [0, 0.05) is 0 Å². The maximum absolute atomic E-state index is 12.0. The minimum absolute atomic E-state index is 0.0803. The van der Waals surface area contributed by atoms with Gasteiger partial charge in [-0.25, -0.2) is 0 Å². The maximum atomic E-state index is 12.0. The van der Waals surface area contributed by atoms with Crippen molar-refractivity contribution in [3.63, 3.8) is 0 Å². The first kappa shape index (κ1) is 12.8. The van der Waals surface area contributed by atoms with Crippen molar-refractivity contribution < 1.29 is 20.1 Å². The highest BCUT2D eigenvalue weighted by molar-refractivity contribution is 6.08. The Kier molecular flexibility index (Phi) is 3.29. The van der Waals surface area contributed by atoms with Crippen molar-refractivity contribution in [1.29, 1.82) is 0 Å². The van der Waals surface area contributed by atoms with Crippen molar-refractivity contribution in [3.05, 3.63) is 47.5 Å². The molecule has 2 rings (SSSR count). The van der Waals surface area contributed by atoms with E-state index in [9.17, 15) is 20.1 Å². The summed E-state index contributed by atoms with van der Waals surface area (Å²) in [6, 6.07) is 8.78. The molecule has 19 heavy (non-hydrogen) atoms. The number of aryl methyl sites for hydroxylation is 1. The fourth-order valence-corrected chi connectivity index (χ4v) is 1.69. The Bertz CT molecular complexity index is 617. The Hall–Kier alpha value is -2.69. The highest BCUT2D eigenvalue weighted by atomic mass is 16.3. The van der Waals surface area contributed by atoms with Crippen LogP contribution in [0.5, 0.6) is 17.2 Å². The van der Waals surface area contributed by atoms with Crippen LogP contribution in [-0.2, 0) is 0 Å². The van der Waals surface area contributed by atoms with E-state index >= 15 is 0 Å². The molecule has 0 bridgehead atoms. The predicted octanol–water partition coefficient (Wildman–Crippen LogP) is 2.36. The lowest BCUT2D eigenvalue weighted by molar-refractivity contribution is 0.102. The van der Waals surface area contributed by atoms with Gasteiger partial charge in [0.05, 0.1) is 5.69 Å². The molecule has 0 saturated carbocycles. The molecule has 5 heteroatoms. The number of rotatable bonds is 2. The van der Waals surface area contributed by atoms with Crippen LogP contribution in [0.15, 0.2) is 36.4 Å². The molecule has 2 aromatic rings. The lowest BCUT2D eigenvalue weighted by Crippen LogP contribution is -2.12. The highest BCUT2D eigenvalue weighted by Gasteiger charge is 2.17. The molecule has 2 aromatic carbocycles. The van der Waals surface area contributed by atoms with Crippen LogP contribution < -0.4 is 5.32 Å². The molecular formula is C14H13NO4. The largest absolute Gasteiger partial charge is 0.507 e. The van der Waals surface area contributed by atoms with E-state index in [1.165, 1.54) is 24.3 Å². The third-order valence-corrected chi connectivity index (χ3v) is 2.65. The van der Waals surface area contributed by atoms with E-state index in [2.05, 4.69) is 5.32 Å². The van der Waals surface area contributed by atoms with E-state index in [0.29, 0.717) is 0 Å². The minimum Gasteiger partial charge on any atom is -0.507 e. The number of benzene rings is 2. The Labute approximate surface area is 109 Å². The summed E-state index contributed by atoms with van der Waals surface area (Å²) in [7, 11) is 0. The number of aromatic hydroxyl groups is 3. The second-order valence-electron chi connectivity index (χ2n) is 4.15. The monoisotopic (exact) mass is 259 g/mol. The van der Waals surface area contributed by atoms with Crippen molar-refractivity contribution in [1.82, 2.24) is 0 Å². The molecule has 0 fully saturated rings. The van der Waals surface area contributed by atoms with Gasteiger partial charge in [0.15, 0.2) is 0 Å². The number of hydrogen-bond donors (Lipinski definition) is 4. The van der Waals surface area contributed by atoms with E-state index in [1.54, 1.807) is 19.1 Å². The molecule has 0 radical (unpaired) electrons. The summed E-state index contributed by atoms with van der Waals surface area (Å²) in [6.45, 7) is 1.81. The van der Waals surface area contributed by atoms with E-state index in [-0.39, 0.29) is 28.5 Å². The van der Waals surface area contributed by atoms with Gasteiger partial charge in [-0.1, -0.05) is 12.1 Å². The highest BCUT2D eigenvalue weighted by Crippen LogP contribution is 2.29. The van der Waals surface area contributed by atoms with E-state index < -0.39 is 5.91 Å². The van der Waals surface area contributed by atoms with Gasteiger partial charge in [0.2, 0.25) is 0 Å². The van der Waals surface area contributed by atoms with Gasteiger partial charge in [-0.15, -0.1) is 0 Å². The summed E-state index contributed by atoms with van der Waals surface area (Å²) < 4.78 is 0. The maximum Gasteiger partial charge on any atom is 0.263 e. The van der Waals surface area contributed by atoms with Crippen molar-refractivity contribution in [2.24, 2.45) is 0 Å². The number of carbonyl (C=O) groups is 1. The molecule has 0 aliphatic rings. The number of carbonyl (C=O) groups excluding carboxylic acids is 1. The van der Waals surface area contributed by atoms with Crippen LogP contribution in [0.1, 0.15) is 15.9 Å². The van der Waals surface area contributed by atoms with Gasteiger partial charge in [0.25, 0.3) is 5.91 Å². The standard InChI is InChI=1S/C14H13NO4/c1-8-5-6-9(12(18)7-8)15-14(19)13-10(16)3-2-4-11(13)17/h2-7,16-18H,1H3,(H,15,19). The van der Waals surface area contributed by atoms with Crippen LogP contribution in [-0.4, -0.2) is 21.2 Å². The summed E-state index contributed by atoms with van der Waals surface area (Å²) in [5.74, 6) is -1.44. The van der Waals surface area contributed by atoms with Gasteiger partial charge in [-0.2, -0.15) is 0 Å². The molecule has 0 aliphatic heterocycles. The average molecular weight is 259 g/mol. The van der Waals surface area contributed by atoms with Crippen LogP contribution in [0.4, 0.5) is 5.69 Å². The van der Waals surface area contributed by atoms with Crippen molar-refractivity contribution in [2.75, 3.05) is 5.32 Å². The first-order valence-corrected chi connectivity index (χ1v) is 5.61. The Morgan fingerprint density at radius 3 is 2.21 bits per heavy atom. The number of amides is 1. The molecule has 0 aliphatic carbocycles. The lowest BCUT2D eigenvalue weighted by Gasteiger charge is -2.10. The fraction of sp³-hybridized carbons (Fsp3) is 0.0714. The number of hydrogen-bond acceptors (Lipinski definition) is 4. The minimum atomic E-state index is -0.699. The topological polar surface area (TPSA) is 89.8 Å². The van der Waals surface area contributed by atoms with Crippen molar-refractivity contribution in [2.45, 2.75) is 6.92 Å². The van der Waals surface area contributed by atoms with E-state index in [1.807, 2.05) is 0 Å². The molecular weight excluding hydrogens is 246 g/mol. The number of nitrogens with one attached hydrogen (secondary N) is 1. The average Bonchev–Trinajstić information content (AvgIpc) is 2.32. The molecule has 1 amide bonds. The zero-order valence-electron chi connectivity index (χ0n) is 10.2. The van der Waals surface area contributed by atoms with Crippen LogP contribution in [0.3, 0.4) is 0 Å². The van der Waals surface area contributed by atoms with Gasteiger partial charge in [-0.3, -0.25) is 4.79 Å². The van der Waals surface area contributed by atoms with Crippen LogP contribution in [0.25, 0.3) is 0 Å². The van der Waals surface area contributed by atoms with Gasteiger partial charge < -0.3 is 20.6 Å². The van der Waals surface area contributed by atoms with Crippen LogP contribution in [0, 0.1) is 6.92 Å². The van der Waals surface area contributed by atoms with Gasteiger partial charge in [-0.05, 0) is 36.8 Å². The zero-order chi connectivity index (χ0) is 14.0. The molecule has 5 nitrogen and oxygen atoms in total. The molecule has 0 saturated heterocycles. The SMILES string of the molecule is Cc1ccc(NC(=O)c2c(O)cccc2O)c(O)c1. The molecule has 4 N–H and O–H groups in total. The summed E-state index contributed by atoms with van der Waals surface area (Å²) >= 11 is 0. The summed E-state index contributed by atoms with van der Waals surface area (Å²) in [5, 5.41) is 31.3. The number of anilines is 1. The lowest BCUT2D eigenvalue weighted by atomic mass is 10.1.